The molecule has 0 spiro atoms. The zero-order valence-corrected chi connectivity index (χ0v) is 12.2. The molecule has 0 aromatic carbocycles. The first kappa shape index (κ1) is 16.0. The van der Waals surface area contributed by atoms with Crippen molar-refractivity contribution in [2.24, 2.45) is 11.7 Å². The van der Waals surface area contributed by atoms with Gasteiger partial charge in [0.1, 0.15) is 0 Å². The second-order valence-corrected chi connectivity index (χ2v) is 5.23. The minimum Gasteiger partial charge on any atom is -0.355 e. The van der Waals surface area contributed by atoms with E-state index < -0.39 is 0 Å². The molecule has 0 heterocycles. The fourth-order valence-electron chi connectivity index (χ4n) is 2.64. The number of nitrogens with two attached hydrogens (primary N) is 1. The maximum Gasteiger partial charge on any atom is 0.224 e. The molecule has 110 valence electrons. The summed E-state index contributed by atoms with van der Waals surface area (Å²) in [5.74, 6) is 0.195. The highest BCUT2D eigenvalue weighted by Gasteiger charge is 2.25. The highest BCUT2D eigenvalue weighted by molar-refractivity contribution is 5.80. The summed E-state index contributed by atoms with van der Waals surface area (Å²) in [6.07, 6.45) is 4.12. The average Bonchev–Trinajstić information content (AvgIpc) is 2.40. The van der Waals surface area contributed by atoms with Gasteiger partial charge in [-0.25, -0.2) is 0 Å². The number of nitrogens with one attached hydrogen (secondary N) is 1. The topological polar surface area (TPSA) is 75.4 Å². The Morgan fingerprint density at radius 3 is 2.53 bits per heavy atom. The van der Waals surface area contributed by atoms with E-state index in [-0.39, 0.29) is 23.8 Å². The van der Waals surface area contributed by atoms with Crippen molar-refractivity contribution in [1.29, 1.82) is 0 Å². The van der Waals surface area contributed by atoms with Crippen molar-refractivity contribution < 1.29 is 9.59 Å². The Morgan fingerprint density at radius 1 is 1.26 bits per heavy atom. The summed E-state index contributed by atoms with van der Waals surface area (Å²) in [5.41, 5.74) is 5.87. The summed E-state index contributed by atoms with van der Waals surface area (Å²) in [5, 5.41) is 2.86. The van der Waals surface area contributed by atoms with Crippen LogP contribution in [0.3, 0.4) is 0 Å². The standard InChI is InChI=1S/C14H27N3O2/c1-3-17(4-2)13(18)8-9-16-14(19)11-6-5-7-12(15)10-11/h11-12H,3-10,15H2,1-2H3,(H,16,19). The third kappa shape index (κ3) is 5.19. The van der Waals surface area contributed by atoms with Gasteiger partial charge in [-0.15, -0.1) is 0 Å². The van der Waals surface area contributed by atoms with Crippen molar-refractivity contribution >= 4 is 11.8 Å². The monoisotopic (exact) mass is 269 g/mol. The second-order valence-electron chi connectivity index (χ2n) is 5.23. The molecule has 0 bridgehead atoms. The first-order valence-corrected chi connectivity index (χ1v) is 7.39. The van der Waals surface area contributed by atoms with Gasteiger partial charge in [-0.3, -0.25) is 9.59 Å². The molecule has 2 atom stereocenters. The van der Waals surface area contributed by atoms with Crippen LogP contribution in [-0.2, 0) is 9.59 Å². The van der Waals surface area contributed by atoms with Crippen LogP contribution < -0.4 is 11.1 Å². The van der Waals surface area contributed by atoms with Crippen molar-refractivity contribution in [3.63, 3.8) is 0 Å². The molecule has 2 unspecified atom stereocenters. The van der Waals surface area contributed by atoms with E-state index in [1.807, 2.05) is 13.8 Å². The highest BCUT2D eigenvalue weighted by Crippen LogP contribution is 2.22. The van der Waals surface area contributed by atoms with Crippen molar-refractivity contribution in [2.75, 3.05) is 19.6 Å². The molecule has 1 fully saturated rings. The molecule has 1 saturated carbocycles. The SMILES string of the molecule is CCN(CC)C(=O)CCNC(=O)C1CCCC(N)C1. The van der Waals surface area contributed by atoms with Gasteiger partial charge in [0.25, 0.3) is 0 Å². The molecule has 0 radical (unpaired) electrons. The molecule has 1 rings (SSSR count). The van der Waals surface area contributed by atoms with Gasteiger partial charge >= 0.3 is 0 Å². The number of nitrogens with zero attached hydrogens (tertiary/aromatic N) is 1. The Bertz CT molecular complexity index is 303. The predicted octanol–water partition coefficient (Wildman–Crippen LogP) is 0.879. The van der Waals surface area contributed by atoms with E-state index in [1.165, 1.54) is 0 Å². The van der Waals surface area contributed by atoms with E-state index in [9.17, 15) is 9.59 Å². The molecule has 0 aliphatic heterocycles. The van der Waals surface area contributed by atoms with Crippen molar-refractivity contribution in [2.45, 2.75) is 52.0 Å². The van der Waals surface area contributed by atoms with Gasteiger partial charge < -0.3 is 16.0 Å². The van der Waals surface area contributed by atoms with Crippen LogP contribution in [0.4, 0.5) is 0 Å². The number of carbonyl (C=O) groups is 2. The van der Waals surface area contributed by atoms with Gasteiger partial charge in [0.15, 0.2) is 0 Å². The first-order valence-electron chi connectivity index (χ1n) is 7.39. The molecule has 5 nitrogen and oxygen atoms in total. The smallest absolute Gasteiger partial charge is 0.224 e. The van der Waals surface area contributed by atoms with Gasteiger partial charge in [-0.1, -0.05) is 6.42 Å². The number of rotatable bonds is 6. The number of amides is 2. The Morgan fingerprint density at radius 2 is 1.95 bits per heavy atom. The van der Waals surface area contributed by atoms with E-state index in [1.54, 1.807) is 4.90 Å². The molecule has 19 heavy (non-hydrogen) atoms. The minimum absolute atomic E-state index is 0.0345. The molecule has 2 amide bonds. The molecule has 0 aromatic heterocycles. The number of hydrogen-bond donors (Lipinski definition) is 2. The van der Waals surface area contributed by atoms with Crippen LogP contribution in [0.25, 0.3) is 0 Å². The normalized spacial score (nSPS) is 22.9. The summed E-state index contributed by atoms with van der Waals surface area (Å²) in [6.45, 7) is 5.80. The quantitative estimate of drug-likeness (QED) is 0.751. The number of carbonyl (C=O) groups excluding carboxylic acids is 2. The predicted molar refractivity (Wildman–Crippen MR) is 75.5 cm³/mol. The van der Waals surface area contributed by atoms with E-state index in [0.29, 0.717) is 13.0 Å². The third-order valence-corrected chi connectivity index (χ3v) is 3.84. The zero-order valence-electron chi connectivity index (χ0n) is 12.2. The Hall–Kier alpha value is -1.10. The van der Waals surface area contributed by atoms with Crippen LogP contribution >= 0.6 is 0 Å². The van der Waals surface area contributed by atoms with Gasteiger partial charge in [-0.2, -0.15) is 0 Å². The van der Waals surface area contributed by atoms with Crippen molar-refractivity contribution in [1.82, 2.24) is 10.2 Å². The Balaban J connectivity index is 2.25. The fraction of sp³-hybridized carbons (Fsp3) is 0.857. The summed E-state index contributed by atoms with van der Waals surface area (Å²) in [7, 11) is 0. The van der Waals surface area contributed by atoms with Crippen LogP contribution in [0.1, 0.15) is 46.0 Å². The summed E-state index contributed by atoms with van der Waals surface area (Å²) in [4.78, 5) is 25.5. The van der Waals surface area contributed by atoms with Crippen LogP contribution in [0.2, 0.25) is 0 Å². The van der Waals surface area contributed by atoms with Gasteiger partial charge in [0, 0.05) is 38.0 Å². The molecule has 3 N–H and O–H groups in total. The lowest BCUT2D eigenvalue weighted by Gasteiger charge is -2.25. The lowest BCUT2D eigenvalue weighted by atomic mass is 9.85. The Kier molecular flexibility index (Phi) is 6.84. The molecule has 0 aromatic rings. The summed E-state index contributed by atoms with van der Waals surface area (Å²) >= 11 is 0. The summed E-state index contributed by atoms with van der Waals surface area (Å²) < 4.78 is 0. The van der Waals surface area contributed by atoms with Gasteiger partial charge in [-0.05, 0) is 33.1 Å². The van der Waals surface area contributed by atoms with E-state index >= 15 is 0 Å². The molecule has 5 heteroatoms. The first-order chi connectivity index (χ1) is 9.08. The average molecular weight is 269 g/mol. The van der Waals surface area contributed by atoms with Gasteiger partial charge in [0.05, 0.1) is 0 Å². The Labute approximate surface area is 115 Å². The minimum atomic E-state index is 0.0345. The fourth-order valence-corrected chi connectivity index (χ4v) is 2.64. The molecular weight excluding hydrogens is 242 g/mol. The van der Waals surface area contributed by atoms with Crippen molar-refractivity contribution in [3.8, 4) is 0 Å². The molecular formula is C14H27N3O2. The third-order valence-electron chi connectivity index (χ3n) is 3.84. The molecule has 1 aliphatic carbocycles. The molecule has 0 saturated heterocycles. The van der Waals surface area contributed by atoms with Gasteiger partial charge in [0.2, 0.25) is 11.8 Å². The lowest BCUT2D eigenvalue weighted by molar-refractivity contribution is -0.131. The van der Waals surface area contributed by atoms with Crippen molar-refractivity contribution in [3.05, 3.63) is 0 Å². The lowest BCUT2D eigenvalue weighted by Crippen LogP contribution is -2.39. The number of hydrogen-bond acceptors (Lipinski definition) is 3. The summed E-state index contributed by atoms with van der Waals surface area (Å²) in [6, 6.07) is 0.154. The van der Waals surface area contributed by atoms with Crippen LogP contribution in [0.5, 0.6) is 0 Å². The maximum atomic E-state index is 11.9. The molecule has 1 aliphatic rings. The maximum absolute atomic E-state index is 11.9. The van der Waals surface area contributed by atoms with Crippen LogP contribution in [0, 0.1) is 5.92 Å². The van der Waals surface area contributed by atoms with E-state index in [4.69, 9.17) is 5.73 Å². The largest absolute Gasteiger partial charge is 0.355 e. The van der Waals surface area contributed by atoms with E-state index in [0.717, 1.165) is 38.8 Å². The van der Waals surface area contributed by atoms with Crippen LogP contribution in [0.15, 0.2) is 0 Å². The zero-order chi connectivity index (χ0) is 14.3. The highest BCUT2D eigenvalue weighted by atomic mass is 16.2. The second kappa shape index (κ2) is 8.15. The van der Waals surface area contributed by atoms with E-state index in [2.05, 4.69) is 5.32 Å². The van der Waals surface area contributed by atoms with Crippen LogP contribution in [-0.4, -0.2) is 42.4 Å².